The smallest absolute Gasteiger partial charge is 0.310 e. The highest BCUT2D eigenvalue weighted by Gasteiger charge is 2.39. The van der Waals surface area contributed by atoms with Crippen LogP contribution in [0.1, 0.15) is 24.8 Å². The van der Waals surface area contributed by atoms with Gasteiger partial charge in [-0.05, 0) is 37.8 Å². The predicted octanol–water partition coefficient (Wildman–Crippen LogP) is 0.807. The largest absolute Gasteiger partial charge is 0.481 e. The van der Waals surface area contributed by atoms with E-state index in [1.54, 1.807) is 4.68 Å². The maximum absolute atomic E-state index is 11.4. The number of nitrogens with zero attached hydrogens (tertiary/aromatic N) is 2. The zero-order chi connectivity index (χ0) is 12.3. The van der Waals surface area contributed by atoms with E-state index in [1.165, 1.54) is 0 Å². The van der Waals surface area contributed by atoms with Gasteiger partial charge in [0, 0.05) is 19.8 Å². The molecule has 1 aliphatic heterocycles. The molecule has 2 heterocycles. The normalized spacial score (nSPS) is 24.8. The van der Waals surface area contributed by atoms with Crippen LogP contribution >= 0.6 is 0 Å². The van der Waals surface area contributed by atoms with Crippen LogP contribution in [0.2, 0.25) is 0 Å². The molecule has 0 aliphatic carbocycles. The molecule has 5 nitrogen and oxygen atoms in total. The molecule has 94 valence electrons. The fraction of sp³-hybridized carbons (Fsp3) is 0.667. The second-order valence-corrected chi connectivity index (χ2v) is 4.89. The summed E-state index contributed by atoms with van der Waals surface area (Å²) in [5, 5.41) is 16.7. The standard InChI is InChI=1S/C12H19N3O2/c1-15-8-10(7-14-15)3-5-12(11(16)17)4-2-6-13-9-12/h7-8,13H,2-6,9H2,1H3,(H,16,17). The molecule has 0 bridgehead atoms. The molecule has 1 aromatic heterocycles. The Morgan fingerprint density at radius 1 is 1.71 bits per heavy atom. The fourth-order valence-corrected chi connectivity index (χ4v) is 2.46. The molecule has 0 amide bonds. The lowest BCUT2D eigenvalue weighted by Crippen LogP contribution is -2.45. The van der Waals surface area contributed by atoms with Gasteiger partial charge < -0.3 is 10.4 Å². The van der Waals surface area contributed by atoms with E-state index in [0.717, 1.165) is 31.4 Å². The Kier molecular flexibility index (Phi) is 3.47. The van der Waals surface area contributed by atoms with Crippen molar-refractivity contribution in [3.63, 3.8) is 0 Å². The number of rotatable bonds is 4. The molecular weight excluding hydrogens is 218 g/mol. The number of aromatic nitrogens is 2. The summed E-state index contributed by atoms with van der Waals surface area (Å²) >= 11 is 0. The van der Waals surface area contributed by atoms with Crippen LogP contribution in [0.4, 0.5) is 0 Å². The summed E-state index contributed by atoms with van der Waals surface area (Å²) in [7, 11) is 1.87. The second-order valence-electron chi connectivity index (χ2n) is 4.89. The van der Waals surface area contributed by atoms with E-state index in [1.807, 2.05) is 19.4 Å². The zero-order valence-corrected chi connectivity index (χ0v) is 10.1. The highest BCUT2D eigenvalue weighted by Crippen LogP contribution is 2.31. The lowest BCUT2D eigenvalue weighted by atomic mass is 9.76. The molecule has 1 atom stereocenters. The first-order chi connectivity index (χ1) is 8.12. The van der Waals surface area contributed by atoms with Crippen molar-refractivity contribution in [2.45, 2.75) is 25.7 Å². The molecule has 1 aliphatic rings. The highest BCUT2D eigenvalue weighted by molar-refractivity contribution is 5.75. The van der Waals surface area contributed by atoms with Crippen molar-refractivity contribution >= 4 is 5.97 Å². The van der Waals surface area contributed by atoms with E-state index >= 15 is 0 Å². The molecule has 0 radical (unpaired) electrons. The minimum atomic E-state index is -0.673. The van der Waals surface area contributed by atoms with Gasteiger partial charge in [-0.2, -0.15) is 5.10 Å². The third-order valence-corrected chi connectivity index (χ3v) is 3.58. The van der Waals surface area contributed by atoms with E-state index in [0.29, 0.717) is 13.0 Å². The number of carbonyl (C=O) groups is 1. The van der Waals surface area contributed by atoms with Gasteiger partial charge in [0.25, 0.3) is 0 Å². The summed E-state index contributed by atoms with van der Waals surface area (Å²) in [6, 6.07) is 0. The lowest BCUT2D eigenvalue weighted by molar-refractivity contribution is -0.150. The van der Waals surface area contributed by atoms with Crippen molar-refractivity contribution < 1.29 is 9.90 Å². The minimum absolute atomic E-state index is 0.586. The lowest BCUT2D eigenvalue weighted by Gasteiger charge is -2.33. The molecule has 5 heteroatoms. The van der Waals surface area contributed by atoms with Crippen molar-refractivity contribution in [3.8, 4) is 0 Å². The van der Waals surface area contributed by atoms with Gasteiger partial charge in [0.1, 0.15) is 0 Å². The Hall–Kier alpha value is -1.36. The van der Waals surface area contributed by atoms with Crippen LogP contribution in [-0.4, -0.2) is 33.9 Å². The Bertz CT molecular complexity index is 394. The number of piperidine rings is 1. The SMILES string of the molecule is Cn1cc(CCC2(C(=O)O)CCCNC2)cn1. The van der Waals surface area contributed by atoms with Gasteiger partial charge in [-0.1, -0.05) is 0 Å². The van der Waals surface area contributed by atoms with Crippen molar-refractivity contribution in [3.05, 3.63) is 18.0 Å². The second kappa shape index (κ2) is 4.87. The van der Waals surface area contributed by atoms with Crippen LogP contribution < -0.4 is 5.32 Å². The number of nitrogens with one attached hydrogen (secondary N) is 1. The Morgan fingerprint density at radius 2 is 2.53 bits per heavy atom. The van der Waals surface area contributed by atoms with Gasteiger partial charge in [-0.15, -0.1) is 0 Å². The van der Waals surface area contributed by atoms with Gasteiger partial charge in [0.2, 0.25) is 0 Å². The summed E-state index contributed by atoms with van der Waals surface area (Å²) in [6.45, 7) is 1.52. The topological polar surface area (TPSA) is 67.2 Å². The number of aliphatic carboxylic acids is 1. The van der Waals surface area contributed by atoms with Crippen LogP contribution in [0.15, 0.2) is 12.4 Å². The van der Waals surface area contributed by atoms with Gasteiger partial charge in [-0.3, -0.25) is 9.48 Å². The summed E-state index contributed by atoms with van der Waals surface area (Å²) in [6.07, 6.45) is 6.94. The minimum Gasteiger partial charge on any atom is -0.481 e. The van der Waals surface area contributed by atoms with Crippen LogP contribution in [0.3, 0.4) is 0 Å². The van der Waals surface area contributed by atoms with E-state index in [4.69, 9.17) is 0 Å². The van der Waals surface area contributed by atoms with Gasteiger partial charge in [0.15, 0.2) is 0 Å². The Labute approximate surface area is 101 Å². The maximum Gasteiger partial charge on any atom is 0.310 e. The molecule has 1 unspecified atom stereocenters. The number of carboxylic acids is 1. The number of hydrogen-bond donors (Lipinski definition) is 2. The molecule has 1 saturated heterocycles. The van der Waals surface area contributed by atoms with Gasteiger partial charge >= 0.3 is 5.97 Å². The first-order valence-electron chi connectivity index (χ1n) is 6.04. The van der Waals surface area contributed by atoms with E-state index in [9.17, 15) is 9.90 Å². The molecule has 2 N–H and O–H groups in total. The average Bonchev–Trinajstić information content (AvgIpc) is 2.74. The van der Waals surface area contributed by atoms with Crippen molar-refractivity contribution in [1.29, 1.82) is 0 Å². The number of carboxylic acid groups (broad SMARTS) is 1. The summed E-state index contributed by atoms with van der Waals surface area (Å²) in [5.41, 5.74) is 0.521. The molecule has 0 spiro atoms. The van der Waals surface area contributed by atoms with E-state index in [-0.39, 0.29) is 0 Å². The van der Waals surface area contributed by atoms with Gasteiger partial charge in [-0.25, -0.2) is 0 Å². The predicted molar refractivity (Wildman–Crippen MR) is 63.7 cm³/mol. The monoisotopic (exact) mass is 237 g/mol. The summed E-state index contributed by atoms with van der Waals surface area (Å²) in [4.78, 5) is 11.4. The van der Waals surface area contributed by atoms with Crippen LogP contribution in [0.25, 0.3) is 0 Å². The molecule has 2 rings (SSSR count). The van der Waals surface area contributed by atoms with E-state index in [2.05, 4.69) is 10.4 Å². The van der Waals surface area contributed by atoms with Crippen LogP contribution in [-0.2, 0) is 18.3 Å². The molecular formula is C12H19N3O2. The summed E-state index contributed by atoms with van der Waals surface area (Å²) < 4.78 is 1.75. The third-order valence-electron chi connectivity index (χ3n) is 3.58. The first kappa shape index (κ1) is 12.1. The first-order valence-corrected chi connectivity index (χ1v) is 6.04. The van der Waals surface area contributed by atoms with Crippen LogP contribution in [0, 0.1) is 5.41 Å². The average molecular weight is 237 g/mol. The Morgan fingerprint density at radius 3 is 3.06 bits per heavy atom. The summed E-state index contributed by atoms with van der Waals surface area (Å²) in [5.74, 6) is -0.673. The maximum atomic E-state index is 11.4. The number of aryl methyl sites for hydroxylation is 2. The van der Waals surface area contributed by atoms with Crippen molar-refractivity contribution in [2.24, 2.45) is 12.5 Å². The number of hydrogen-bond acceptors (Lipinski definition) is 3. The molecule has 1 fully saturated rings. The molecule has 0 aromatic carbocycles. The quantitative estimate of drug-likeness (QED) is 0.813. The molecule has 0 saturated carbocycles. The molecule has 17 heavy (non-hydrogen) atoms. The van der Waals surface area contributed by atoms with E-state index < -0.39 is 11.4 Å². The fourth-order valence-electron chi connectivity index (χ4n) is 2.46. The Balaban J connectivity index is 2.00. The van der Waals surface area contributed by atoms with Crippen LogP contribution in [0.5, 0.6) is 0 Å². The van der Waals surface area contributed by atoms with Gasteiger partial charge in [0.05, 0.1) is 11.6 Å². The highest BCUT2D eigenvalue weighted by atomic mass is 16.4. The molecule has 1 aromatic rings. The third kappa shape index (κ3) is 2.66. The van der Waals surface area contributed by atoms with Crippen molar-refractivity contribution in [1.82, 2.24) is 15.1 Å². The zero-order valence-electron chi connectivity index (χ0n) is 10.1. The van der Waals surface area contributed by atoms with Crippen molar-refractivity contribution in [2.75, 3.05) is 13.1 Å².